The summed E-state index contributed by atoms with van der Waals surface area (Å²) in [6, 6.07) is 0. The number of rotatable bonds is 0. The summed E-state index contributed by atoms with van der Waals surface area (Å²) in [5.74, 6) is 0. The van der Waals surface area contributed by atoms with Crippen LogP contribution in [0.15, 0.2) is 0 Å². The maximum atomic E-state index is 10.6. The van der Waals surface area contributed by atoms with Gasteiger partial charge in [-0.2, -0.15) is 0 Å². The van der Waals surface area contributed by atoms with E-state index in [0.29, 0.717) is 0 Å². The molecule has 3 aliphatic heterocycles. The van der Waals surface area contributed by atoms with Crippen LogP contribution >= 0.6 is 20.5 Å². The molecule has 0 unspecified atom stereocenters. The molecule has 0 N–H and O–H groups in total. The summed E-state index contributed by atoms with van der Waals surface area (Å²) in [7, 11) is -3.04. The molecular formula is C2H3O4PS. The fourth-order valence-corrected chi connectivity index (χ4v) is 2.64. The van der Waals surface area contributed by atoms with Crippen LogP contribution in [0.2, 0.25) is 0 Å². The van der Waals surface area contributed by atoms with Crippen LogP contribution in [0.3, 0.4) is 0 Å². The second-order valence-electron chi connectivity index (χ2n) is 1.62. The Morgan fingerprint density at radius 2 is 2.25 bits per heavy atom. The van der Waals surface area contributed by atoms with Crippen molar-refractivity contribution in [3.63, 3.8) is 0 Å². The first-order chi connectivity index (χ1) is 3.62. The lowest BCUT2D eigenvalue weighted by Gasteiger charge is -2.28. The third-order valence-corrected chi connectivity index (χ3v) is 3.00. The Labute approximate surface area is 51.1 Å². The molecule has 0 spiro atoms. The Kier molecular flexibility index (Phi) is 0.756. The normalized spacial score (nSPS) is 60.6. The molecule has 3 saturated heterocycles. The molecular weight excluding hydrogens is 151 g/mol. The molecule has 3 heterocycles. The fourth-order valence-electron chi connectivity index (χ4n) is 0.622. The number of hydrogen-bond acceptors (Lipinski definition) is 5. The maximum absolute atomic E-state index is 10.6. The minimum atomic E-state index is -3.04. The van der Waals surface area contributed by atoms with E-state index in [1.54, 1.807) is 0 Å². The Morgan fingerprint density at radius 3 is 2.38 bits per heavy atom. The monoisotopic (exact) mass is 154 g/mol. The summed E-state index contributed by atoms with van der Waals surface area (Å²) in [5, 5.41) is -0.991. The molecule has 0 saturated carbocycles. The van der Waals surface area contributed by atoms with Crippen molar-refractivity contribution in [3.8, 4) is 0 Å². The first-order valence-electron chi connectivity index (χ1n) is 2.00. The standard InChI is InChI=1S/C2H3O4PS/c3-7-4-1-2(8,5-7)6-7/h8H,1H2. The van der Waals surface area contributed by atoms with E-state index in [9.17, 15) is 4.57 Å². The molecule has 8 heavy (non-hydrogen) atoms. The van der Waals surface area contributed by atoms with E-state index in [0.717, 1.165) is 0 Å². The molecule has 0 amide bonds. The van der Waals surface area contributed by atoms with E-state index < -0.39 is 12.9 Å². The second kappa shape index (κ2) is 1.15. The van der Waals surface area contributed by atoms with E-state index >= 15 is 0 Å². The number of thiol groups is 1. The number of fused-ring (bicyclic) bond motifs is 1. The average Bonchev–Trinajstić information content (AvgIpc) is 1.88. The van der Waals surface area contributed by atoms with Gasteiger partial charge in [0.15, 0.2) is 0 Å². The highest BCUT2D eigenvalue weighted by molar-refractivity contribution is 7.82. The second-order valence-corrected chi connectivity index (χ2v) is 3.82. The molecule has 0 aromatic heterocycles. The zero-order chi connectivity index (χ0) is 5.83. The summed E-state index contributed by atoms with van der Waals surface area (Å²) in [5.41, 5.74) is 0. The van der Waals surface area contributed by atoms with E-state index in [-0.39, 0.29) is 6.61 Å². The summed E-state index contributed by atoms with van der Waals surface area (Å²) < 4.78 is 24.3. The van der Waals surface area contributed by atoms with Crippen LogP contribution < -0.4 is 0 Å². The van der Waals surface area contributed by atoms with Gasteiger partial charge in [0.05, 0.1) is 0 Å². The lowest BCUT2D eigenvalue weighted by atomic mass is 10.7. The summed E-state index contributed by atoms with van der Waals surface area (Å²) >= 11 is 3.83. The zero-order valence-corrected chi connectivity index (χ0v) is 5.52. The molecule has 0 radical (unpaired) electrons. The van der Waals surface area contributed by atoms with Gasteiger partial charge in [-0.05, 0) is 0 Å². The molecule has 0 aromatic rings. The molecule has 4 nitrogen and oxygen atoms in total. The van der Waals surface area contributed by atoms with Crippen LogP contribution in [0.25, 0.3) is 0 Å². The van der Waals surface area contributed by atoms with Crippen molar-refractivity contribution in [2.24, 2.45) is 0 Å². The van der Waals surface area contributed by atoms with E-state index in [2.05, 4.69) is 26.2 Å². The smallest absolute Gasteiger partial charge is 0.280 e. The van der Waals surface area contributed by atoms with Crippen LogP contribution in [0.5, 0.6) is 0 Å². The van der Waals surface area contributed by atoms with Crippen LogP contribution in [0, 0.1) is 0 Å². The highest BCUT2D eigenvalue weighted by Crippen LogP contribution is 2.72. The van der Waals surface area contributed by atoms with Crippen molar-refractivity contribution >= 4 is 20.5 Å². The number of phosphoric acid groups is 1. The lowest BCUT2D eigenvalue weighted by Crippen LogP contribution is -2.30. The largest absolute Gasteiger partial charge is 0.481 e. The molecule has 46 valence electrons. The van der Waals surface area contributed by atoms with E-state index in [4.69, 9.17) is 0 Å². The van der Waals surface area contributed by atoms with Crippen LogP contribution in [0.4, 0.5) is 0 Å². The van der Waals surface area contributed by atoms with Gasteiger partial charge in [0.1, 0.15) is 6.61 Å². The van der Waals surface area contributed by atoms with Gasteiger partial charge in [-0.25, -0.2) is 13.6 Å². The van der Waals surface area contributed by atoms with Crippen molar-refractivity contribution in [1.82, 2.24) is 0 Å². The third-order valence-electron chi connectivity index (χ3n) is 0.914. The minimum absolute atomic E-state index is 0.160. The van der Waals surface area contributed by atoms with Gasteiger partial charge in [-0.15, -0.1) is 12.6 Å². The number of hydrogen-bond donors (Lipinski definition) is 1. The number of phosphoric ester groups is 1. The third kappa shape index (κ3) is 0.509. The molecule has 6 heteroatoms. The fraction of sp³-hybridized carbons (Fsp3) is 1.00. The Bertz CT molecular complexity index is 169. The van der Waals surface area contributed by atoms with Gasteiger partial charge >= 0.3 is 7.82 Å². The van der Waals surface area contributed by atoms with Gasteiger partial charge in [-0.3, -0.25) is 4.52 Å². The maximum Gasteiger partial charge on any atom is 0.481 e. The van der Waals surface area contributed by atoms with Crippen molar-refractivity contribution in [2.75, 3.05) is 6.61 Å². The molecule has 3 rings (SSSR count). The topological polar surface area (TPSA) is 44.8 Å². The molecule has 3 fully saturated rings. The predicted octanol–water partition coefficient (Wildman–Crippen LogP) is 0.755. The van der Waals surface area contributed by atoms with Crippen molar-refractivity contribution in [1.29, 1.82) is 0 Å². The zero-order valence-electron chi connectivity index (χ0n) is 3.73. The SMILES string of the molecule is O=P12OCC(S)(O1)O2. The summed E-state index contributed by atoms with van der Waals surface area (Å²) in [4.78, 5) is 0. The molecule has 0 aromatic carbocycles. The van der Waals surface area contributed by atoms with Crippen molar-refractivity contribution < 1.29 is 18.1 Å². The van der Waals surface area contributed by atoms with Gasteiger partial charge in [-0.1, -0.05) is 0 Å². The van der Waals surface area contributed by atoms with Crippen LogP contribution in [-0.2, 0) is 18.1 Å². The van der Waals surface area contributed by atoms with Gasteiger partial charge < -0.3 is 0 Å². The summed E-state index contributed by atoms with van der Waals surface area (Å²) in [6.45, 7) is 0.160. The first kappa shape index (κ1) is 5.26. The van der Waals surface area contributed by atoms with Gasteiger partial charge in [0.25, 0.3) is 5.12 Å². The van der Waals surface area contributed by atoms with E-state index in [1.807, 2.05) is 0 Å². The Hall–Kier alpha value is 0.460. The highest BCUT2D eigenvalue weighted by atomic mass is 32.1. The Morgan fingerprint density at radius 1 is 1.62 bits per heavy atom. The Balaban J connectivity index is 2.34. The predicted molar refractivity (Wildman–Crippen MR) is 27.4 cm³/mol. The molecule has 2 bridgehead atoms. The summed E-state index contributed by atoms with van der Waals surface area (Å²) in [6.07, 6.45) is 0. The van der Waals surface area contributed by atoms with Crippen LogP contribution in [0.1, 0.15) is 0 Å². The van der Waals surface area contributed by atoms with Crippen molar-refractivity contribution in [2.45, 2.75) is 5.12 Å². The minimum Gasteiger partial charge on any atom is -0.280 e. The average molecular weight is 154 g/mol. The van der Waals surface area contributed by atoms with Gasteiger partial charge in [0, 0.05) is 0 Å². The first-order valence-corrected chi connectivity index (χ1v) is 3.91. The lowest BCUT2D eigenvalue weighted by molar-refractivity contribution is -0.0846. The quantitative estimate of drug-likeness (QED) is 0.413. The molecule has 3 aliphatic rings. The molecule has 0 atom stereocenters. The van der Waals surface area contributed by atoms with E-state index in [1.165, 1.54) is 0 Å². The van der Waals surface area contributed by atoms with Crippen LogP contribution in [-0.4, -0.2) is 11.7 Å². The van der Waals surface area contributed by atoms with Gasteiger partial charge in [0.2, 0.25) is 0 Å². The highest BCUT2D eigenvalue weighted by Gasteiger charge is 2.63. The molecule has 0 aliphatic carbocycles. The van der Waals surface area contributed by atoms with Crippen molar-refractivity contribution in [3.05, 3.63) is 0 Å².